The first-order valence-corrected chi connectivity index (χ1v) is 8.02. The van der Waals surface area contributed by atoms with Gasteiger partial charge in [0.2, 0.25) is 5.78 Å². The van der Waals surface area contributed by atoms with Crippen LogP contribution in [0.5, 0.6) is 0 Å². The van der Waals surface area contributed by atoms with Crippen molar-refractivity contribution in [3.8, 4) is 17.9 Å². The molecule has 0 spiro atoms. The van der Waals surface area contributed by atoms with E-state index in [9.17, 15) is 4.79 Å². The second-order valence-electron chi connectivity index (χ2n) is 5.61. The number of anilines is 1. The lowest BCUT2D eigenvalue weighted by Crippen LogP contribution is -2.08. The topological polar surface area (TPSA) is 70.7 Å². The van der Waals surface area contributed by atoms with Crippen LogP contribution in [0.25, 0.3) is 0 Å². The van der Waals surface area contributed by atoms with Gasteiger partial charge in [-0.15, -0.1) is 0 Å². The van der Waals surface area contributed by atoms with Gasteiger partial charge >= 0.3 is 0 Å². The molecule has 0 aliphatic heterocycles. The molecule has 0 saturated carbocycles. The molecule has 0 unspecified atom stereocenters. The molecular formula is C21H16N4O. The van der Waals surface area contributed by atoms with E-state index in [1.807, 2.05) is 24.3 Å². The summed E-state index contributed by atoms with van der Waals surface area (Å²) in [6.07, 6.45) is 3.35. The minimum Gasteiger partial charge on any atom is -0.374 e. The monoisotopic (exact) mass is 340 g/mol. The molecule has 0 fully saturated rings. The first kappa shape index (κ1) is 17.0. The highest BCUT2D eigenvalue weighted by Gasteiger charge is 2.12. The lowest BCUT2D eigenvalue weighted by atomic mass is 10.1. The minimum absolute atomic E-state index is 0.112. The maximum absolute atomic E-state index is 12.4. The molecule has 0 saturated heterocycles. The number of rotatable bonds is 4. The molecule has 1 N–H and O–H groups in total. The summed E-state index contributed by atoms with van der Waals surface area (Å²) in [6.45, 7) is 0.486. The Hall–Kier alpha value is -3.83. The summed E-state index contributed by atoms with van der Waals surface area (Å²) in [5.74, 6) is 6.39. The zero-order valence-corrected chi connectivity index (χ0v) is 14.2. The van der Waals surface area contributed by atoms with Crippen molar-refractivity contribution >= 4 is 11.5 Å². The second kappa shape index (κ2) is 7.83. The third-order valence-electron chi connectivity index (χ3n) is 3.80. The number of benzene rings is 2. The highest BCUT2D eigenvalue weighted by atomic mass is 16.1. The Bertz CT molecular complexity index is 1010. The number of carbonyl (C=O) groups is 1. The van der Waals surface area contributed by atoms with Crippen molar-refractivity contribution in [2.24, 2.45) is 7.05 Å². The van der Waals surface area contributed by atoms with E-state index in [0.29, 0.717) is 23.5 Å². The van der Waals surface area contributed by atoms with E-state index in [-0.39, 0.29) is 5.78 Å². The zero-order chi connectivity index (χ0) is 18.4. The third kappa shape index (κ3) is 3.98. The van der Waals surface area contributed by atoms with Crippen LogP contribution >= 0.6 is 0 Å². The number of aromatic nitrogens is 2. The molecule has 5 nitrogen and oxygen atoms in total. The molecule has 126 valence electrons. The normalized spacial score (nSPS) is 9.69. The van der Waals surface area contributed by atoms with Crippen LogP contribution < -0.4 is 5.32 Å². The number of hydrogen-bond donors (Lipinski definition) is 1. The fraction of sp³-hybridized carbons (Fsp3) is 0.0952. The van der Waals surface area contributed by atoms with E-state index >= 15 is 0 Å². The lowest BCUT2D eigenvalue weighted by molar-refractivity contribution is 0.102. The second-order valence-corrected chi connectivity index (χ2v) is 5.61. The smallest absolute Gasteiger partial charge is 0.228 e. The van der Waals surface area contributed by atoms with Gasteiger partial charge in [-0.3, -0.25) is 4.79 Å². The summed E-state index contributed by atoms with van der Waals surface area (Å²) >= 11 is 0. The SMILES string of the molecule is Cn1ccnc1C(=O)c1ccc(C#CCNc2ccc(C#N)cc2)cc1. The van der Waals surface area contributed by atoms with E-state index in [4.69, 9.17) is 5.26 Å². The highest BCUT2D eigenvalue weighted by Crippen LogP contribution is 2.10. The molecule has 1 aromatic heterocycles. The average Bonchev–Trinajstić information content (AvgIpc) is 3.11. The van der Waals surface area contributed by atoms with Crippen molar-refractivity contribution in [1.29, 1.82) is 5.26 Å². The number of hydrogen-bond acceptors (Lipinski definition) is 4. The van der Waals surface area contributed by atoms with E-state index < -0.39 is 0 Å². The first-order chi connectivity index (χ1) is 12.7. The van der Waals surface area contributed by atoms with Gasteiger partial charge in [0.05, 0.1) is 18.2 Å². The summed E-state index contributed by atoms with van der Waals surface area (Å²) in [6, 6.07) is 16.5. The van der Waals surface area contributed by atoms with Gasteiger partial charge in [0, 0.05) is 36.3 Å². The largest absolute Gasteiger partial charge is 0.374 e. The number of nitriles is 1. The molecule has 1 heterocycles. The van der Waals surface area contributed by atoms with Crippen LogP contribution in [0, 0.1) is 23.2 Å². The van der Waals surface area contributed by atoms with Crippen LogP contribution in [0.1, 0.15) is 27.3 Å². The van der Waals surface area contributed by atoms with E-state index in [1.54, 1.807) is 48.3 Å². The highest BCUT2D eigenvalue weighted by molar-refractivity contribution is 6.06. The van der Waals surface area contributed by atoms with E-state index in [1.165, 1.54) is 0 Å². The molecule has 2 aromatic carbocycles. The molecule has 3 rings (SSSR count). The Labute approximate surface area is 151 Å². The van der Waals surface area contributed by atoms with E-state index in [0.717, 1.165) is 11.3 Å². The zero-order valence-electron chi connectivity index (χ0n) is 14.2. The molecule has 0 amide bonds. The van der Waals surface area contributed by atoms with Crippen molar-refractivity contribution in [2.45, 2.75) is 0 Å². The summed E-state index contributed by atoms with van der Waals surface area (Å²) in [5.41, 5.74) is 2.96. The molecular weight excluding hydrogens is 324 g/mol. The number of imidazole rings is 1. The molecule has 3 aromatic rings. The van der Waals surface area contributed by atoms with Crippen molar-refractivity contribution in [2.75, 3.05) is 11.9 Å². The first-order valence-electron chi connectivity index (χ1n) is 8.02. The minimum atomic E-state index is -0.112. The van der Waals surface area contributed by atoms with Gasteiger partial charge in [0.1, 0.15) is 0 Å². The van der Waals surface area contributed by atoms with Crippen molar-refractivity contribution in [3.05, 3.63) is 83.4 Å². The van der Waals surface area contributed by atoms with Gasteiger partial charge in [-0.1, -0.05) is 11.8 Å². The summed E-state index contributed by atoms with van der Waals surface area (Å²) < 4.78 is 1.70. The van der Waals surface area contributed by atoms with Crippen LogP contribution in [0.2, 0.25) is 0 Å². The number of carbonyl (C=O) groups excluding carboxylic acids is 1. The Kier molecular flexibility index (Phi) is 5.12. The Morgan fingerprint density at radius 2 is 1.81 bits per heavy atom. The van der Waals surface area contributed by atoms with Gasteiger partial charge in [0.25, 0.3) is 0 Å². The van der Waals surface area contributed by atoms with Gasteiger partial charge < -0.3 is 9.88 Å². The predicted octanol–water partition coefficient (Wildman–Crippen LogP) is 2.99. The average molecular weight is 340 g/mol. The van der Waals surface area contributed by atoms with Crippen LogP contribution in [0.15, 0.2) is 60.9 Å². The number of ketones is 1. The number of nitrogens with one attached hydrogen (secondary N) is 1. The lowest BCUT2D eigenvalue weighted by Gasteiger charge is -2.02. The quantitative estimate of drug-likeness (QED) is 0.585. The number of aryl methyl sites for hydroxylation is 1. The molecule has 5 heteroatoms. The Morgan fingerprint density at radius 3 is 2.42 bits per heavy atom. The van der Waals surface area contributed by atoms with Crippen LogP contribution in [-0.4, -0.2) is 21.9 Å². The van der Waals surface area contributed by atoms with Gasteiger partial charge in [-0.25, -0.2) is 4.98 Å². The Morgan fingerprint density at radius 1 is 1.12 bits per heavy atom. The van der Waals surface area contributed by atoms with Crippen molar-refractivity contribution < 1.29 is 4.79 Å². The van der Waals surface area contributed by atoms with Crippen LogP contribution in [-0.2, 0) is 7.05 Å². The van der Waals surface area contributed by atoms with Crippen molar-refractivity contribution in [3.63, 3.8) is 0 Å². The maximum Gasteiger partial charge on any atom is 0.228 e. The molecule has 0 aliphatic carbocycles. The van der Waals surface area contributed by atoms with Crippen molar-refractivity contribution in [1.82, 2.24) is 9.55 Å². The molecule has 0 radical (unpaired) electrons. The van der Waals surface area contributed by atoms with Gasteiger partial charge in [-0.2, -0.15) is 5.26 Å². The fourth-order valence-electron chi connectivity index (χ4n) is 2.37. The van der Waals surface area contributed by atoms with Crippen LogP contribution in [0.4, 0.5) is 5.69 Å². The maximum atomic E-state index is 12.4. The van der Waals surface area contributed by atoms with Gasteiger partial charge in [-0.05, 0) is 48.5 Å². The number of nitrogens with zero attached hydrogens (tertiary/aromatic N) is 3. The molecule has 26 heavy (non-hydrogen) atoms. The summed E-state index contributed by atoms with van der Waals surface area (Å²) in [5, 5.41) is 11.9. The standard InChI is InChI=1S/C21H16N4O/c1-25-14-13-24-21(25)20(26)18-8-4-16(5-9-18)3-2-12-23-19-10-6-17(15-22)7-11-19/h4-11,13-14,23H,12H2,1H3. The van der Waals surface area contributed by atoms with Crippen LogP contribution in [0.3, 0.4) is 0 Å². The predicted molar refractivity (Wildman–Crippen MR) is 99.6 cm³/mol. The molecule has 0 aliphatic rings. The molecule has 0 bridgehead atoms. The summed E-state index contributed by atoms with van der Waals surface area (Å²) in [4.78, 5) is 16.4. The molecule has 0 atom stereocenters. The van der Waals surface area contributed by atoms with E-state index in [2.05, 4.69) is 28.2 Å². The van der Waals surface area contributed by atoms with Gasteiger partial charge in [0.15, 0.2) is 5.82 Å². The fourth-order valence-corrected chi connectivity index (χ4v) is 2.37. The summed E-state index contributed by atoms with van der Waals surface area (Å²) in [7, 11) is 1.79. The Balaban J connectivity index is 1.59. The third-order valence-corrected chi connectivity index (χ3v) is 3.80.